The third-order valence-corrected chi connectivity index (χ3v) is 1.16. The topological polar surface area (TPSA) is 125 Å². The van der Waals surface area contributed by atoms with Gasteiger partial charge in [-0.3, -0.25) is 15.5 Å². The van der Waals surface area contributed by atoms with E-state index in [9.17, 15) is 4.79 Å². The van der Waals surface area contributed by atoms with E-state index in [4.69, 9.17) is 16.7 Å². The molecule has 0 saturated heterocycles. The molecule has 0 unspecified atom stereocenters. The monoisotopic (exact) mass is 257 g/mol. The van der Waals surface area contributed by atoms with Gasteiger partial charge in [0.2, 0.25) is 0 Å². The molecule has 1 heterocycles. The molecular formula is C5H6N5O2Y-. The molecular weight excluding hydrogens is 251 g/mol. The molecule has 1 aromatic heterocycles. The third-order valence-electron chi connectivity index (χ3n) is 1.16. The summed E-state index contributed by atoms with van der Waals surface area (Å²) in [6.07, 6.45) is 1.07. The summed E-state index contributed by atoms with van der Waals surface area (Å²) in [6.45, 7) is 0. The fourth-order valence-electron chi connectivity index (χ4n) is 0.647. The molecule has 0 fully saturated rings. The number of primary amides is 1. The number of carbonyl (C=O) groups excluding carboxylic acids is 1. The first kappa shape index (κ1) is 12.2. The van der Waals surface area contributed by atoms with E-state index in [0.717, 1.165) is 6.20 Å². The second-order valence-corrected chi connectivity index (χ2v) is 1.93. The summed E-state index contributed by atoms with van der Waals surface area (Å²) < 4.78 is 0. The van der Waals surface area contributed by atoms with E-state index in [-0.39, 0.29) is 50.0 Å². The second-order valence-electron chi connectivity index (χ2n) is 1.93. The largest absolute Gasteiger partial charge is 0.410 e. The van der Waals surface area contributed by atoms with Crippen molar-refractivity contribution in [2.45, 2.75) is 0 Å². The Labute approximate surface area is 98.8 Å². The molecule has 5 N–H and O–H groups in total. The minimum Gasteiger partial charge on any atom is -0.410 e. The van der Waals surface area contributed by atoms with Crippen LogP contribution in [0, 0.1) is 0 Å². The Hall–Kier alpha value is -0.786. The van der Waals surface area contributed by atoms with Crippen molar-refractivity contribution in [1.29, 1.82) is 0 Å². The number of anilines is 1. The number of nitrogens with one attached hydrogen (secondary N) is 2. The molecule has 0 atom stereocenters. The Morgan fingerprint density at radius 2 is 2.31 bits per heavy atom. The first-order valence-corrected chi connectivity index (χ1v) is 2.93. The zero-order valence-corrected chi connectivity index (χ0v) is 9.32. The van der Waals surface area contributed by atoms with Crippen molar-refractivity contribution >= 4 is 17.7 Å². The van der Waals surface area contributed by atoms with Crippen LogP contribution < -0.4 is 11.2 Å². The maximum absolute atomic E-state index is 10.6. The number of nitrogens with two attached hydrogens (primary N) is 1. The minimum absolute atomic E-state index is 0. The molecule has 0 spiro atoms. The number of nitrogens with zero attached hydrogens (tertiary/aromatic N) is 2. The molecule has 0 bridgehead atoms. The van der Waals surface area contributed by atoms with Gasteiger partial charge in [0.05, 0.1) is 11.4 Å². The quantitative estimate of drug-likeness (QED) is 0.646. The summed E-state index contributed by atoms with van der Waals surface area (Å²) in [7, 11) is 0. The summed E-state index contributed by atoms with van der Waals surface area (Å²) in [6, 6.07) is 0. The number of rotatable bonds is 2. The minimum atomic E-state index is -0.772. The predicted molar refractivity (Wildman–Crippen MR) is 39.9 cm³/mol. The zero-order valence-electron chi connectivity index (χ0n) is 6.48. The summed E-state index contributed by atoms with van der Waals surface area (Å²) in [5.41, 5.74) is 13.4. The maximum atomic E-state index is 10.6. The Bertz CT molecular complexity index is 318. The number of amides is 1. The van der Waals surface area contributed by atoms with Crippen LogP contribution in [0.4, 0.5) is 11.8 Å². The van der Waals surface area contributed by atoms with Crippen LogP contribution in [0.2, 0.25) is 0 Å². The van der Waals surface area contributed by atoms with Gasteiger partial charge in [-0.05, 0) is 6.20 Å². The van der Waals surface area contributed by atoms with Gasteiger partial charge >= 0.3 is 0 Å². The van der Waals surface area contributed by atoms with Crippen molar-refractivity contribution in [3.8, 4) is 0 Å². The van der Waals surface area contributed by atoms with Crippen LogP contribution in [-0.4, -0.2) is 21.1 Å². The first-order valence-electron chi connectivity index (χ1n) is 2.93. The average Bonchev–Trinajstić information content (AvgIpc) is 2.03. The van der Waals surface area contributed by atoms with Crippen molar-refractivity contribution in [2.24, 2.45) is 5.73 Å². The van der Waals surface area contributed by atoms with Gasteiger partial charge in [-0.15, -0.1) is 0 Å². The van der Waals surface area contributed by atoms with Gasteiger partial charge in [0.25, 0.3) is 5.91 Å². The normalized spacial score (nSPS) is 8.69. The van der Waals surface area contributed by atoms with Crippen molar-refractivity contribution in [2.75, 3.05) is 5.48 Å². The Morgan fingerprint density at radius 3 is 2.77 bits per heavy atom. The number of hydrogen-bond acceptors (Lipinski definition) is 5. The molecule has 8 heteroatoms. The van der Waals surface area contributed by atoms with Gasteiger partial charge in [-0.1, -0.05) is 0 Å². The van der Waals surface area contributed by atoms with Crippen LogP contribution >= 0.6 is 0 Å². The predicted octanol–water partition coefficient (Wildman–Crippen LogP) is 0.0578. The summed E-state index contributed by atoms with van der Waals surface area (Å²) in [4.78, 5) is 17.4. The van der Waals surface area contributed by atoms with Crippen LogP contribution in [0.1, 0.15) is 10.4 Å². The summed E-state index contributed by atoms with van der Waals surface area (Å²) in [5, 5.41) is 8.46. The SMILES string of the molecule is [NH-]c1ncc(C(N)=O)c(NO)n1.[Y]. The standard InChI is InChI=1S/C5H7N5O2.Y/c6-3(11)2-1-8-5(7)9-4(2)10-12;/h1H,(H6,6,7,8,9,10,11,12);/p-1. The molecule has 0 aliphatic heterocycles. The molecule has 1 rings (SSSR count). The van der Waals surface area contributed by atoms with Gasteiger partial charge in [0, 0.05) is 38.7 Å². The summed E-state index contributed by atoms with van der Waals surface area (Å²) >= 11 is 0. The van der Waals surface area contributed by atoms with E-state index in [0.29, 0.717) is 0 Å². The fraction of sp³-hybridized carbons (Fsp3) is 0. The van der Waals surface area contributed by atoms with E-state index < -0.39 is 5.91 Å². The number of aromatic nitrogens is 2. The number of carbonyl (C=O) groups is 1. The number of hydrogen-bond donors (Lipinski definition) is 3. The van der Waals surface area contributed by atoms with Crippen molar-refractivity contribution in [3.63, 3.8) is 0 Å². The second kappa shape index (κ2) is 5.05. The molecule has 67 valence electrons. The molecule has 0 aliphatic carbocycles. The van der Waals surface area contributed by atoms with Crippen molar-refractivity contribution in [1.82, 2.24) is 9.97 Å². The molecule has 7 nitrogen and oxygen atoms in total. The van der Waals surface area contributed by atoms with E-state index in [1.165, 1.54) is 0 Å². The Balaban J connectivity index is 0.00000144. The van der Waals surface area contributed by atoms with Crippen LogP contribution in [0.15, 0.2) is 6.20 Å². The van der Waals surface area contributed by atoms with Crippen molar-refractivity contribution < 1.29 is 42.7 Å². The van der Waals surface area contributed by atoms with Crippen LogP contribution in [0.3, 0.4) is 0 Å². The van der Waals surface area contributed by atoms with Gasteiger partial charge in [0.1, 0.15) is 0 Å². The molecule has 0 aromatic carbocycles. The first-order chi connectivity index (χ1) is 5.65. The maximum Gasteiger partial charge on any atom is 0.251 e. The van der Waals surface area contributed by atoms with Crippen molar-refractivity contribution in [3.05, 3.63) is 17.5 Å². The Morgan fingerprint density at radius 1 is 1.69 bits per heavy atom. The molecule has 1 radical (unpaired) electrons. The zero-order chi connectivity index (χ0) is 9.14. The fourth-order valence-corrected chi connectivity index (χ4v) is 0.647. The molecule has 1 amide bonds. The van der Waals surface area contributed by atoms with E-state index >= 15 is 0 Å². The van der Waals surface area contributed by atoms with E-state index in [1.807, 2.05) is 0 Å². The molecule has 0 saturated carbocycles. The average molecular weight is 257 g/mol. The van der Waals surface area contributed by atoms with Crippen LogP contribution in [-0.2, 0) is 32.7 Å². The molecule has 0 aliphatic rings. The third kappa shape index (κ3) is 2.87. The van der Waals surface area contributed by atoms with Gasteiger partial charge in [-0.2, -0.15) is 0 Å². The van der Waals surface area contributed by atoms with Gasteiger partial charge in [0.15, 0.2) is 0 Å². The Kier molecular flexibility index (Phi) is 4.75. The van der Waals surface area contributed by atoms with Crippen LogP contribution in [0.25, 0.3) is 5.73 Å². The molecule has 1 aromatic rings. The summed E-state index contributed by atoms with van der Waals surface area (Å²) in [5.74, 6) is -1.24. The van der Waals surface area contributed by atoms with Crippen LogP contribution in [0.5, 0.6) is 0 Å². The molecule has 13 heavy (non-hydrogen) atoms. The van der Waals surface area contributed by atoms with E-state index in [1.54, 1.807) is 5.48 Å². The van der Waals surface area contributed by atoms with E-state index in [2.05, 4.69) is 9.97 Å². The smallest absolute Gasteiger partial charge is 0.251 e. The van der Waals surface area contributed by atoms with Gasteiger partial charge in [-0.25, -0.2) is 0 Å². The van der Waals surface area contributed by atoms with Gasteiger partial charge < -0.3 is 21.4 Å².